The van der Waals surface area contributed by atoms with E-state index in [1.54, 1.807) is 17.5 Å². The van der Waals surface area contributed by atoms with Gasteiger partial charge in [-0.05, 0) is 55.5 Å². The molecule has 0 bridgehead atoms. The second-order valence-corrected chi connectivity index (χ2v) is 11.5. The van der Waals surface area contributed by atoms with E-state index in [1.807, 2.05) is 0 Å². The third-order valence-electron chi connectivity index (χ3n) is 5.47. The number of rotatable bonds is 5. The largest absolute Gasteiger partial charge is 0.365 e. The van der Waals surface area contributed by atoms with Gasteiger partial charge in [0.15, 0.2) is 0 Å². The highest BCUT2D eigenvalue weighted by Crippen LogP contribution is 2.38. The zero-order valence-corrected chi connectivity index (χ0v) is 18.3. The van der Waals surface area contributed by atoms with Crippen LogP contribution in [0.4, 0.5) is 5.00 Å². The zero-order valence-electron chi connectivity index (χ0n) is 15.8. The van der Waals surface area contributed by atoms with Gasteiger partial charge in [-0.1, -0.05) is 12.5 Å². The number of hydrogen-bond acceptors (Lipinski definition) is 6. The van der Waals surface area contributed by atoms with Crippen molar-refractivity contribution < 1.29 is 18.0 Å². The number of anilines is 1. The van der Waals surface area contributed by atoms with Crippen LogP contribution in [-0.4, -0.2) is 37.1 Å². The summed E-state index contributed by atoms with van der Waals surface area (Å²) in [4.78, 5) is 26.3. The number of carbonyl (C=O) groups excluding carboxylic acids is 2. The summed E-state index contributed by atoms with van der Waals surface area (Å²) in [6, 6.07) is 2.44. The van der Waals surface area contributed by atoms with Crippen molar-refractivity contribution in [2.24, 2.45) is 5.73 Å². The molecule has 7 nitrogen and oxygen atoms in total. The highest BCUT2D eigenvalue weighted by atomic mass is 32.2. The fourth-order valence-corrected chi connectivity index (χ4v) is 8.18. The normalized spacial score (nSPS) is 20.2. The Morgan fingerprint density at radius 3 is 2.69 bits per heavy atom. The Labute approximate surface area is 178 Å². The number of nitrogens with zero attached hydrogens (tertiary/aromatic N) is 1. The van der Waals surface area contributed by atoms with Crippen molar-refractivity contribution in [3.8, 4) is 0 Å². The fourth-order valence-electron chi connectivity index (χ4n) is 4.10. The van der Waals surface area contributed by atoms with E-state index in [1.165, 1.54) is 15.6 Å². The number of amides is 2. The number of sulfonamides is 1. The molecule has 0 aromatic carbocycles. The lowest BCUT2D eigenvalue weighted by Crippen LogP contribution is -2.43. The lowest BCUT2D eigenvalue weighted by atomic mass is 10.1. The number of primary amides is 1. The van der Waals surface area contributed by atoms with E-state index < -0.39 is 27.9 Å². The van der Waals surface area contributed by atoms with Crippen LogP contribution in [0.1, 0.15) is 52.9 Å². The highest BCUT2D eigenvalue weighted by molar-refractivity contribution is 7.91. The summed E-state index contributed by atoms with van der Waals surface area (Å²) in [6.45, 7) is 0.307. The van der Waals surface area contributed by atoms with Gasteiger partial charge < -0.3 is 11.1 Å². The van der Waals surface area contributed by atoms with Crippen molar-refractivity contribution in [3.63, 3.8) is 0 Å². The van der Waals surface area contributed by atoms with Crippen molar-refractivity contribution in [3.05, 3.63) is 33.5 Å². The van der Waals surface area contributed by atoms with Crippen molar-refractivity contribution >= 4 is 49.5 Å². The molecule has 2 aliphatic rings. The monoisotopic (exact) mass is 453 g/mol. The predicted molar refractivity (Wildman–Crippen MR) is 114 cm³/mol. The molecule has 1 fully saturated rings. The summed E-state index contributed by atoms with van der Waals surface area (Å²) in [5.74, 6) is -0.948. The molecule has 1 atom stereocenters. The van der Waals surface area contributed by atoms with Crippen LogP contribution in [0.2, 0.25) is 0 Å². The number of fused-ring (bicyclic) bond motifs is 1. The van der Waals surface area contributed by atoms with Crippen molar-refractivity contribution in [1.29, 1.82) is 0 Å². The number of thiophene rings is 2. The Morgan fingerprint density at radius 2 is 1.97 bits per heavy atom. The lowest BCUT2D eigenvalue weighted by Gasteiger charge is -2.22. The van der Waals surface area contributed by atoms with Crippen molar-refractivity contribution in [2.45, 2.75) is 55.2 Å². The van der Waals surface area contributed by atoms with Crippen LogP contribution < -0.4 is 11.1 Å². The van der Waals surface area contributed by atoms with E-state index in [2.05, 4.69) is 5.32 Å². The van der Waals surface area contributed by atoms with Crippen LogP contribution in [0, 0.1) is 0 Å². The van der Waals surface area contributed by atoms with Crippen LogP contribution in [0.3, 0.4) is 0 Å². The molecule has 2 aromatic heterocycles. The molecule has 4 rings (SSSR count). The lowest BCUT2D eigenvalue weighted by molar-refractivity contribution is -0.119. The van der Waals surface area contributed by atoms with Gasteiger partial charge in [0.2, 0.25) is 5.91 Å². The average Bonchev–Trinajstić information content (AvgIpc) is 3.39. The second kappa shape index (κ2) is 8.17. The molecule has 0 radical (unpaired) electrons. The number of nitrogens with two attached hydrogens (primary N) is 1. The number of nitrogens with one attached hydrogen (secondary N) is 1. The molecule has 3 N–H and O–H groups in total. The van der Waals surface area contributed by atoms with Gasteiger partial charge in [0.1, 0.15) is 15.3 Å². The van der Waals surface area contributed by atoms with E-state index in [0.717, 1.165) is 53.9 Å². The molecular weight excluding hydrogens is 430 g/mol. The second-order valence-electron chi connectivity index (χ2n) is 7.33. The molecule has 10 heteroatoms. The molecule has 1 aliphatic heterocycles. The molecule has 0 spiro atoms. The Hall–Kier alpha value is -1.75. The van der Waals surface area contributed by atoms with Crippen LogP contribution in [-0.2, 0) is 27.7 Å². The molecule has 3 heterocycles. The SMILES string of the molecule is NC(=O)c1c(NC(=O)[C@@H]2CCCN2S(=O)(=O)c2cccs2)sc2c1CCCCC2. The van der Waals surface area contributed by atoms with E-state index in [4.69, 9.17) is 5.73 Å². The van der Waals surface area contributed by atoms with Gasteiger partial charge in [-0.25, -0.2) is 8.42 Å². The van der Waals surface area contributed by atoms with Crippen LogP contribution in [0.15, 0.2) is 21.7 Å². The van der Waals surface area contributed by atoms with E-state index in [9.17, 15) is 18.0 Å². The molecule has 0 saturated carbocycles. The minimum absolute atomic E-state index is 0.234. The maximum atomic E-state index is 13.0. The Bertz CT molecular complexity index is 1030. The quantitative estimate of drug-likeness (QED) is 0.678. The number of hydrogen-bond donors (Lipinski definition) is 2. The Balaban J connectivity index is 1.60. The molecule has 2 amide bonds. The van der Waals surface area contributed by atoms with Gasteiger partial charge in [0.05, 0.1) is 5.56 Å². The zero-order chi connectivity index (χ0) is 20.6. The third kappa shape index (κ3) is 3.86. The summed E-state index contributed by atoms with van der Waals surface area (Å²) < 4.78 is 27.3. The van der Waals surface area contributed by atoms with Gasteiger partial charge >= 0.3 is 0 Å². The fraction of sp³-hybridized carbons (Fsp3) is 0.474. The van der Waals surface area contributed by atoms with E-state index >= 15 is 0 Å². The maximum absolute atomic E-state index is 13.0. The van der Waals surface area contributed by atoms with Crippen LogP contribution in [0.5, 0.6) is 0 Å². The van der Waals surface area contributed by atoms with Gasteiger partial charge in [-0.3, -0.25) is 9.59 Å². The minimum Gasteiger partial charge on any atom is -0.365 e. The standard InChI is InChI=1S/C19H23N3O4S3/c20-17(23)16-12-6-2-1-3-8-14(12)28-19(16)21-18(24)13-7-4-10-22(13)29(25,26)15-9-5-11-27-15/h5,9,11,13H,1-4,6-8,10H2,(H2,20,23)(H,21,24)/t13-/m0/s1. The van der Waals surface area contributed by atoms with Crippen molar-refractivity contribution in [1.82, 2.24) is 4.31 Å². The summed E-state index contributed by atoms with van der Waals surface area (Å²) in [5, 5.41) is 4.99. The first-order valence-electron chi connectivity index (χ1n) is 9.70. The first kappa shape index (κ1) is 20.5. The van der Waals surface area contributed by atoms with Gasteiger partial charge in [-0.2, -0.15) is 4.31 Å². The summed E-state index contributed by atoms with van der Waals surface area (Å²) in [6.07, 6.45) is 5.88. The maximum Gasteiger partial charge on any atom is 0.253 e. The van der Waals surface area contributed by atoms with Gasteiger partial charge in [0.25, 0.3) is 15.9 Å². The highest BCUT2D eigenvalue weighted by Gasteiger charge is 2.40. The molecule has 1 aliphatic carbocycles. The molecular formula is C19H23N3O4S3. The molecule has 0 unspecified atom stereocenters. The smallest absolute Gasteiger partial charge is 0.253 e. The van der Waals surface area contributed by atoms with E-state index in [0.29, 0.717) is 30.0 Å². The minimum atomic E-state index is -3.71. The van der Waals surface area contributed by atoms with Crippen molar-refractivity contribution in [2.75, 3.05) is 11.9 Å². The van der Waals surface area contributed by atoms with Gasteiger partial charge in [0, 0.05) is 11.4 Å². The first-order chi connectivity index (χ1) is 13.9. The summed E-state index contributed by atoms with van der Waals surface area (Å²) in [5.41, 5.74) is 6.98. The van der Waals surface area contributed by atoms with Crippen LogP contribution >= 0.6 is 22.7 Å². The molecule has 2 aromatic rings. The predicted octanol–water partition coefficient (Wildman–Crippen LogP) is 2.97. The summed E-state index contributed by atoms with van der Waals surface area (Å²) in [7, 11) is -3.71. The Morgan fingerprint density at radius 1 is 1.17 bits per heavy atom. The molecule has 156 valence electrons. The van der Waals surface area contributed by atoms with Gasteiger partial charge in [-0.15, -0.1) is 22.7 Å². The number of aryl methyl sites for hydroxylation is 1. The topological polar surface area (TPSA) is 110 Å². The third-order valence-corrected chi connectivity index (χ3v) is 9.96. The van der Waals surface area contributed by atoms with E-state index in [-0.39, 0.29) is 4.21 Å². The van der Waals surface area contributed by atoms with Crippen LogP contribution in [0.25, 0.3) is 0 Å². The average molecular weight is 454 g/mol. The molecule has 1 saturated heterocycles. The number of carbonyl (C=O) groups is 2. The summed E-state index contributed by atoms with van der Waals surface area (Å²) >= 11 is 2.54. The first-order valence-corrected chi connectivity index (χ1v) is 12.8. The Kier molecular flexibility index (Phi) is 5.78. The molecule has 29 heavy (non-hydrogen) atoms.